The lowest BCUT2D eigenvalue weighted by Crippen LogP contribution is -2.41. The third kappa shape index (κ3) is 5.57. The van der Waals surface area contributed by atoms with Gasteiger partial charge in [0.2, 0.25) is 0 Å². The monoisotopic (exact) mass is 608 g/mol. The number of nitrogens with zero attached hydrogens (tertiary/aromatic N) is 3. The van der Waals surface area contributed by atoms with Crippen LogP contribution in [0, 0.1) is 6.92 Å². The molecule has 1 aliphatic carbocycles. The highest BCUT2D eigenvalue weighted by atomic mass is 32.1. The second-order valence-electron chi connectivity index (χ2n) is 12.2. The normalized spacial score (nSPS) is 21.1. The summed E-state index contributed by atoms with van der Waals surface area (Å²) >= 11 is 1.35. The van der Waals surface area contributed by atoms with Crippen molar-refractivity contribution in [2.24, 2.45) is 0 Å². The fourth-order valence-electron chi connectivity index (χ4n) is 5.49. The van der Waals surface area contributed by atoms with Gasteiger partial charge in [-0.25, -0.2) is 15.0 Å². The van der Waals surface area contributed by atoms with Crippen LogP contribution in [0.4, 0.5) is 24.8 Å². The number of aliphatic hydroxyl groups is 1. The molecule has 1 saturated heterocycles. The van der Waals surface area contributed by atoms with Crippen molar-refractivity contribution in [2.45, 2.75) is 76.9 Å². The highest BCUT2D eigenvalue weighted by Crippen LogP contribution is 2.44. The summed E-state index contributed by atoms with van der Waals surface area (Å²) in [7, 11) is -0.488. The van der Waals surface area contributed by atoms with E-state index in [2.05, 4.69) is 26.3 Å². The Kier molecular flexibility index (Phi) is 7.19. The molecule has 0 amide bonds. The van der Waals surface area contributed by atoms with Crippen LogP contribution in [0.15, 0.2) is 54.9 Å². The minimum atomic E-state index is -4.48. The van der Waals surface area contributed by atoms with Gasteiger partial charge in [0.25, 0.3) is 0 Å². The van der Waals surface area contributed by atoms with Gasteiger partial charge < -0.3 is 19.7 Å². The standard InChI is InChI=1S/C31H32BF3N4O3S/c1-18-13-23(38-26(14-18)39-25-16-20(10-12-36-25)31(33,34)35)24-17-37-27(43-24)30(40)11-6-7-19-15-21(8-9-22(19)30)32-41-28(2,3)29(4,5)42-32/h8-10,12-17,40H,6-7,11H2,1-5H3,(H,36,38,39)/t30-/m1/s1. The fourth-order valence-corrected chi connectivity index (χ4v) is 6.50. The molecule has 12 heteroatoms. The van der Waals surface area contributed by atoms with Gasteiger partial charge in [0, 0.05) is 12.4 Å². The molecule has 6 rings (SSSR count). The minimum Gasteiger partial charge on any atom is -0.399 e. The van der Waals surface area contributed by atoms with Gasteiger partial charge in [-0.05, 0) is 100 Å². The summed E-state index contributed by atoms with van der Waals surface area (Å²) in [4.78, 5) is 14.0. The number of anilines is 2. The molecular formula is C31H32BF3N4O3S. The van der Waals surface area contributed by atoms with Crippen LogP contribution >= 0.6 is 11.3 Å². The predicted molar refractivity (Wildman–Crippen MR) is 161 cm³/mol. The maximum atomic E-state index is 13.2. The molecule has 0 saturated carbocycles. The predicted octanol–water partition coefficient (Wildman–Crippen LogP) is 6.54. The molecule has 1 aliphatic heterocycles. The van der Waals surface area contributed by atoms with Gasteiger partial charge in [-0.1, -0.05) is 18.2 Å². The van der Waals surface area contributed by atoms with Gasteiger partial charge in [-0.2, -0.15) is 13.2 Å². The first-order chi connectivity index (χ1) is 20.1. The largest absolute Gasteiger partial charge is 0.494 e. The van der Waals surface area contributed by atoms with Gasteiger partial charge in [0.1, 0.15) is 22.2 Å². The summed E-state index contributed by atoms with van der Waals surface area (Å²) in [6, 6.07) is 11.4. The molecular weight excluding hydrogens is 576 g/mol. The molecule has 0 bridgehead atoms. The number of thiazole rings is 1. The Morgan fingerprint density at radius 2 is 1.72 bits per heavy atom. The Hall–Kier alpha value is -3.32. The van der Waals surface area contributed by atoms with E-state index in [0.29, 0.717) is 22.9 Å². The summed E-state index contributed by atoms with van der Waals surface area (Å²) in [6.45, 7) is 9.96. The third-order valence-corrected chi connectivity index (χ3v) is 9.68. The molecule has 2 N–H and O–H groups in total. The Bertz CT molecular complexity index is 1680. The van der Waals surface area contributed by atoms with E-state index in [0.717, 1.165) is 58.2 Å². The first-order valence-electron chi connectivity index (χ1n) is 14.1. The van der Waals surface area contributed by atoms with Gasteiger partial charge in [0.15, 0.2) is 0 Å². The van der Waals surface area contributed by atoms with Crippen LogP contribution in [0.25, 0.3) is 10.6 Å². The van der Waals surface area contributed by atoms with E-state index in [1.54, 1.807) is 12.3 Å². The molecule has 0 unspecified atom stereocenters. The number of pyridine rings is 2. The van der Waals surface area contributed by atoms with Crippen LogP contribution < -0.4 is 10.8 Å². The lowest BCUT2D eigenvalue weighted by atomic mass is 9.73. The first-order valence-corrected chi connectivity index (χ1v) is 14.9. The van der Waals surface area contributed by atoms with Crippen molar-refractivity contribution in [3.63, 3.8) is 0 Å². The fraction of sp³-hybridized carbons (Fsp3) is 0.387. The summed E-state index contributed by atoms with van der Waals surface area (Å²) in [5, 5.41) is 15.5. The number of nitrogens with one attached hydrogen (secondary N) is 1. The first kappa shape index (κ1) is 29.7. The van der Waals surface area contributed by atoms with Crippen molar-refractivity contribution in [1.29, 1.82) is 0 Å². The van der Waals surface area contributed by atoms with E-state index in [9.17, 15) is 18.3 Å². The molecule has 0 spiro atoms. The summed E-state index contributed by atoms with van der Waals surface area (Å²) in [5.41, 5.74) is 1.25. The Morgan fingerprint density at radius 3 is 2.44 bits per heavy atom. The lowest BCUT2D eigenvalue weighted by molar-refractivity contribution is -0.137. The molecule has 0 radical (unpaired) electrons. The van der Waals surface area contributed by atoms with Crippen LogP contribution in [0.5, 0.6) is 0 Å². The van der Waals surface area contributed by atoms with E-state index in [-0.39, 0.29) is 5.82 Å². The lowest BCUT2D eigenvalue weighted by Gasteiger charge is -2.33. The molecule has 43 heavy (non-hydrogen) atoms. The van der Waals surface area contributed by atoms with Crippen molar-refractivity contribution >= 4 is 35.6 Å². The molecule has 1 atom stereocenters. The van der Waals surface area contributed by atoms with E-state index >= 15 is 0 Å². The number of rotatable bonds is 5. The van der Waals surface area contributed by atoms with E-state index in [4.69, 9.17) is 9.31 Å². The number of alkyl halides is 3. The zero-order valence-corrected chi connectivity index (χ0v) is 25.4. The van der Waals surface area contributed by atoms with Gasteiger partial charge in [-0.3, -0.25) is 0 Å². The third-order valence-electron chi connectivity index (χ3n) is 8.51. The summed E-state index contributed by atoms with van der Waals surface area (Å²) in [6.07, 6.45) is 0.442. The molecule has 4 aromatic rings. The molecule has 3 aromatic heterocycles. The zero-order chi connectivity index (χ0) is 30.8. The summed E-state index contributed by atoms with van der Waals surface area (Å²) < 4.78 is 52.0. The van der Waals surface area contributed by atoms with Crippen molar-refractivity contribution < 1.29 is 27.6 Å². The van der Waals surface area contributed by atoms with Crippen LogP contribution in [0.3, 0.4) is 0 Å². The Labute approximate surface area is 252 Å². The van der Waals surface area contributed by atoms with Crippen molar-refractivity contribution in [2.75, 3.05) is 5.32 Å². The second kappa shape index (κ2) is 10.4. The molecule has 1 fully saturated rings. The zero-order valence-electron chi connectivity index (χ0n) is 24.5. The average molecular weight is 608 g/mol. The minimum absolute atomic E-state index is 0.0388. The molecule has 1 aromatic carbocycles. The van der Waals surface area contributed by atoms with Crippen molar-refractivity contribution in [3.8, 4) is 10.6 Å². The number of aromatic nitrogens is 3. The molecule has 2 aliphatic rings. The number of hydrogen-bond acceptors (Lipinski definition) is 8. The highest BCUT2D eigenvalue weighted by molar-refractivity contribution is 7.15. The van der Waals surface area contributed by atoms with E-state index in [1.165, 1.54) is 11.3 Å². The van der Waals surface area contributed by atoms with Crippen LogP contribution in [0.2, 0.25) is 0 Å². The highest BCUT2D eigenvalue weighted by Gasteiger charge is 2.52. The molecule has 4 heterocycles. The number of benzene rings is 1. The second-order valence-corrected chi connectivity index (χ2v) is 13.2. The molecule has 7 nitrogen and oxygen atoms in total. The Balaban J connectivity index is 1.27. The topological polar surface area (TPSA) is 89.4 Å². The maximum absolute atomic E-state index is 13.2. The SMILES string of the molecule is Cc1cc(Nc2cc(C(F)(F)F)ccn2)nc(-c2cnc([C@@]3(O)CCCc4cc(B5OC(C)(C)C(C)(C)O5)ccc43)s2)c1. The quantitative estimate of drug-likeness (QED) is 0.249. The van der Waals surface area contributed by atoms with Gasteiger partial charge >= 0.3 is 13.3 Å². The van der Waals surface area contributed by atoms with Crippen LogP contribution in [0.1, 0.15) is 67.8 Å². The number of aryl methyl sites for hydroxylation is 2. The van der Waals surface area contributed by atoms with Crippen LogP contribution in [-0.4, -0.2) is 38.4 Å². The van der Waals surface area contributed by atoms with Gasteiger partial charge in [0.05, 0.1) is 27.3 Å². The van der Waals surface area contributed by atoms with Crippen LogP contribution in [-0.2, 0) is 27.5 Å². The number of halogens is 3. The maximum Gasteiger partial charge on any atom is 0.494 e. The Morgan fingerprint density at radius 1 is 0.977 bits per heavy atom. The smallest absolute Gasteiger partial charge is 0.399 e. The van der Waals surface area contributed by atoms with Crippen molar-refractivity contribution in [1.82, 2.24) is 15.0 Å². The summed E-state index contributed by atoms with van der Waals surface area (Å²) in [5.74, 6) is 0.394. The van der Waals surface area contributed by atoms with Gasteiger partial charge in [-0.15, -0.1) is 11.3 Å². The molecule has 224 valence electrons. The van der Waals surface area contributed by atoms with E-state index in [1.807, 2.05) is 52.8 Å². The average Bonchev–Trinajstić information content (AvgIpc) is 3.51. The van der Waals surface area contributed by atoms with Crippen molar-refractivity contribution in [3.05, 3.63) is 82.1 Å². The van der Waals surface area contributed by atoms with E-state index < -0.39 is 35.7 Å². The number of fused-ring (bicyclic) bond motifs is 1. The number of hydrogen-bond donors (Lipinski definition) is 2.